The molecule has 1 aromatic carbocycles. The van der Waals surface area contributed by atoms with Crippen LogP contribution in [0.15, 0.2) is 36.7 Å². The van der Waals surface area contributed by atoms with Crippen molar-refractivity contribution in [3.8, 4) is 0 Å². The number of halogens is 1. The molecule has 28 heavy (non-hydrogen) atoms. The first-order chi connectivity index (χ1) is 13.3. The lowest BCUT2D eigenvalue weighted by atomic mass is 10.1. The quantitative estimate of drug-likeness (QED) is 0.752. The van der Waals surface area contributed by atoms with Gasteiger partial charge in [0.15, 0.2) is 0 Å². The van der Waals surface area contributed by atoms with Crippen LogP contribution in [0.2, 0.25) is 0 Å². The van der Waals surface area contributed by atoms with E-state index >= 15 is 0 Å². The number of anilines is 1. The number of nitrogens with one attached hydrogen (secondary N) is 1. The zero-order chi connectivity index (χ0) is 20.3. The smallest absolute Gasteiger partial charge is 0.259 e. The third-order valence-electron chi connectivity index (χ3n) is 4.48. The minimum absolute atomic E-state index is 0.180. The van der Waals surface area contributed by atoms with Crippen molar-refractivity contribution in [1.82, 2.24) is 14.8 Å². The number of hydrogen-bond acceptors (Lipinski definition) is 4. The molecule has 0 radical (unpaired) electrons. The van der Waals surface area contributed by atoms with Gasteiger partial charge in [-0.15, -0.1) is 0 Å². The molecule has 1 unspecified atom stereocenters. The molecule has 0 aliphatic carbocycles. The van der Waals surface area contributed by atoms with Crippen LogP contribution in [-0.2, 0) is 11.3 Å². The Morgan fingerprint density at radius 3 is 2.21 bits per heavy atom. The first-order valence-corrected chi connectivity index (χ1v) is 9.63. The fraction of sp³-hybridized carbons (Fsp3) is 0.278. The zero-order valence-corrected chi connectivity index (χ0v) is 15.9. The number of carbonyl (C=O) groups is 2. The van der Waals surface area contributed by atoms with E-state index in [1.807, 2.05) is 0 Å². The molecule has 2 N–H and O–H groups in total. The maximum Gasteiger partial charge on any atom is 0.259 e. The average molecular weight is 406 g/mol. The molecule has 0 spiro atoms. The monoisotopic (exact) mass is 406 g/mol. The van der Waals surface area contributed by atoms with Crippen LogP contribution < -0.4 is 4.72 Å². The number of amides is 2. The highest BCUT2D eigenvalue weighted by Gasteiger charge is 2.26. The molecule has 1 aromatic heterocycles. The van der Waals surface area contributed by atoms with Crippen molar-refractivity contribution in [3.63, 3.8) is 0 Å². The van der Waals surface area contributed by atoms with Gasteiger partial charge in [0.05, 0.1) is 17.4 Å². The highest BCUT2D eigenvalue weighted by Crippen LogP contribution is 2.19. The molecule has 1 atom stereocenters. The minimum Gasteiger partial charge on any atom is -0.335 e. The Bertz CT molecular complexity index is 932. The van der Waals surface area contributed by atoms with Crippen LogP contribution >= 0.6 is 0 Å². The number of nitrogens with zero attached hydrogens (tertiary/aromatic N) is 3. The summed E-state index contributed by atoms with van der Waals surface area (Å²) in [4.78, 5) is 32.0. The molecule has 2 aromatic rings. The largest absolute Gasteiger partial charge is 0.335 e. The van der Waals surface area contributed by atoms with E-state index in [4.69, 9.17) is 4.55 Å². The Morgan fingerprint density at radius 2 is 1.68 bits per heavy atom. The summed E-state index contributed by atoms with van der Waals surface area (Å²) in [7, 11) is 0. The summed E-state index contributed by atoms with van der Waals surface area (Å²) >= 11 is -2.19. The van der Waals surface area contributed by atoms with Crippen molar-refractivity contribution in [2.45, 2.75) is 6.92 Å². The van der Waals surface area contributed by atoms with Gasteiger partial charge in [-0.3, -0.25) is 23.8 Å². The lowest BCUT2D eigenvalue weighted by Gasteiger charge is -2.35. The molecular weight excluding hydrogens is 387 g/mol. The molecule has 1 saturated heterocycles. The normalized spacial score (nSPS) is 15.2. The molecule has 1 fully saturated rings. The molecular formula is C18H19FN4O4S. The molecule has 0 saturated carbocycles. The van der Waals surface area contributed by atoms with E-state index in [-0.39, 0.29) is 17.4 Å². The fourth-order valence-corrected chi connectivity index (χ4v) is 3.43. The van der Waals surface area contributed by atoms with Gasteiger partial charge in [-0.05, 0) is 36.8 Å². The molecule has 2 heterocycles. The van der Waals surface area contributed by atoms with E-state index in [9.17, 15) is 18.2 Å². The van der Waals surface area contributed by atoms with Gasteiger partial charge < -0.3 is 9.80 Å². The van der Waals surface area contributed by atoms with Crippen molar-refractivity contribution in [3.05, 3.63) is 59.2 Å². The van der Waals surface area contributed by atoms with Crippen molar-refractivity contribution < 1.29 is 22.7 Å². The standard InChI is InChI=1S/C18H19FN4O4S/c1-12-8-13(2-3-16(12)21-28(26)27)17(24)22-4-6-23(7-5-22)18(25)14-9-15(19)11-20-10-14/h2-3,8-11,21H,4-7H2,1H3,(H,26,27). The number of carbonyl (C=O) groups excluding carboxylic acids is 2. The Morgan fingerprint density at radius 1 is 1.07 bits per heavy atom. The summed E-state index contributed by atoms with van der Waals surface area (Å²) in [5, 5.41) is 0. The molecule has 1 aliphatic heterocycles. The second kappa shape index (κ2) is 8.44. The number of piperazine rings is 1. The summed E-state index contributed by atoms with van der Waals surface area (Å²) in [5.74, 6) is -1.07. The Hall–Kier alpha value is -2.85. The van der Waals surface area contributed by atoms with Gasteiger partial charge in [0.2, 0.25) is 0 Å². The van der Waals surface area contributed by atoms with Gasteiger partial charge in [0.1, 0.15) is 5.82 Å². The fourth-order valence-electron chi connectivity index (χ4n) is 3.01. The molecule has 148 valence electrons. The van der Waals surface area contributed by atoms with E-state index in [1.54, 1.807) is 34.9 Å². The Labute approximate surface area is 163 Å². The number of aromatic nitrogens is 1. The predicted molar refractivity (Wildman–Crippen MR) is 102 cm³/mol. The molecule has 10 heteroatoms. The van der Waals surface area contributed by atoms with Crippen LogP contribution in [-0.4, -0.2) is 61.5 Å². The van der Waals surface area contributed by atoms with Crippen molar-refractivity contribution in [2.75, 3.05) is 30.9 Å². The van der Waals surface area contributed by atoms with Crippen molar-refractivity contribution >= 4 is 28.8 Å². The van der Waals surface area contributed by atoms with Gasteiger partial charge >= 0.3 is 0 Å². The van der Waals surface area contributed by atoms with Crippen LogP contribution in [0.1, 0.15) is 26.3 Å². The summed E-state index contributed by atoms with van der Waals surface area (Å²) in [5.41, 5.74) is 1.78. The molecule has 3 rings (SSSR count). The van der Waals surface area contributed by atoms with Gasteiger partial charge in [0, 0.05) is 37.9 Å². The molecule has 0 bridgehead atoms. The van der Waals surface area contributed by atoms with Crippen molar-refractivity contribution in [1.29, 1.82) is 0 Å². The van der Waals surface area contributed by atoms with Crippen molar-refractivity contribution in [2.24, 2.45) is 0 Å². The molecule has 1 aliphatic rings. The van der Waals surface area contributed by atoms with Crippen LogP contribution in [0.4, 0.5) is 10.1 Å². The maximum absolute atomic E-state index is 13.3. The van der Waals surface area contributed by atoms with Crippen LogP contribution in [0, 0.1) is 12.7 Å². The lowest BCUT2D eigenvalue weighted by molar-refractivity contribution is 0.0535. The van der Waals surface area contributed by atoms with E-state index in [1.165, 1.54) is 6.20 Å². The van der Waals surface area contributed by atoms with E-state index < -0.39 is 17.1 Å². The van der Waals surface area contributed by atoms with E-state index in [0.717, 1.165) is 12.3 Å². The third kappa shape index (κ3) is 4.52. The summed E-state index contributed by atoms with van der Waals surface area (Å²) in [6, 6.07) is 5.95. The SMILES string of the molecule is Cc1cc(C(=O)N2CCN(C(=O)c3cncc(F)c3)CC2)ccc1NS(=O)O. The maximum atomic E-state index is 13.3. The van der Waals surface area contributed by atoms with Crippen LogP contribution in [0.5, 0.6) is 0 Å². The first kappa shape index (κ1) is 19.9. The number of rotatable bonds is 4. The Balaban J connectivity index is 1.63. The lowest BCUT2D eigenvalue weighted by Crippen LogP contribution is -2.50. The highest BCUT2D eigenvalue weighted by atomic mass is 32.2. The molecule has 8 nitrogen and oxygen atoms in total. The van der Waals surface area contributed by atoms with Crippen LogP contribution in [0.25, 0.3) is 0 Å². The van der Waals surface area contributed by atoms with E-state index in [0.29, 0.717) is 43.0 Å². The topological polar surface area (TPSA) is 103 Å². The molecule has 2 amide bonds. The van der Waals surface area contributed by atoms with Gasteiger partial charge in [-0.2, -0.15) is 0 Å². The second-order valence-electron chi connectivity index (χ2n) is 6.36. The highest BCUT2D eigenvalue weighted by molar-refractivity contribution is 7.80. The summed E-state index contributed by atoms with van der Waals surface area (Å²) in [6.45, 7) is 3.11. The number of aryl methyl sites for hydroxylation is 1. The average Bonchev–Trinajstić information content (AvgIpc) is 2.68. The number of benzene rings is 1. The van der Waals surface area contributed by atoms with Gasteiger partial charge in [-0.25, -0.2) is 8.60 Å². The predicted octanol–water partition coefficient (Wildman–Crippen LogP) is 1.68. The van der Waals surface area contributed by atoms with E-state index in [2.05, 4.69) is 9.71 Å². The first-order valence-electron chi connectivity index (χ1n) is 8.52. The second-order valence-corrected chi connectivity index (χ2v) is 7.06. The zero-order valence-electron chi connectivity index (χ0n) is 15.1. The van der Waals surface area contributed by atoms with Crippen LogP contribution in [0.3, 0.4) is 0 Å². The summed E-state index contributed by atoms with van der Waals surface area (Å²) < 4.78 is 35.4. The minimum atomic E-state index is -2.19. The van der Waals surface area contributed by atoms with Gasteiger partial charge in [-0.1, -0.05) is 0 Å². The summed E-state index contributed by atoms with van der Waals surface area (Å²) in [6.07, 6.45) is 2.36. The third-order valence-corrected chi connectivity index (χ3v) is 4.87. The number of pyridine rings is 1. The Kier molecular flexibility index (Phi) is 6.00. The van der Waals surface area contributed by atoms with Gasteiger partial charge in [0.25, 0.3) is 23.1 Å². The number of hydrogen-bond donors (Lipinski definition) is 2.